The Labute approximate surface area is 112 Å². The Balaban J connectivity index is 2.83. The van der Waals surface area contributed by atoms with Gasteiger partial charge in [-0.2, -0.15) is 0 Å². The third kappa shape index (κ3) is 4.29. The maximum atomic E-state index is 13.8. The number of benzene rings is 1. The Hall–Kier alpha value is -1.46. The van der Waals surface area contributed by atoms with Crippen LogP contribution in [0.2, 0.25) is 0 Å². The molecule has 0 bridgehead atoms. The molecule has 0 radical (unpaired) electrons. The lowest BCUT2D eigenvalue weighted by Crippen LogP contribution is -2.35. The summed E-state index contributed by atoms with van der Waals surface area (Å²) in [6.45, 7) is 5.78. The molecule has 1 aromatic carbocycles. The largest absolute Gasteiger partial charge is 0.478 e. The highest BCUT2D eigenvalue weighted by molar-refractivity contribution is 5.87. The summed E-state index contributed by atoms with van der Waals surface area (Å²) in [6, 6.07) is 4.19. The number of ether oxygens (including phenoxy) is 1. The number of carbonyl (C=O) groups is 1. The highest BCUT2D eigenvalue weighted by atomic mass is 19.1. The van der Waals surface area contributed by atoms with Crippen molar-refractivity contribution in [1.82, 2.24) is 4.90 Å². The van der Waals surface area contributed by atoms with Crippen molar-refractivity contribution in [3.8, 4) is 0 Å². The van der Waals surface area contributed by atoms with Crippen molar-refractivity contribution < 1.29 is 19.0 Å². The molecular formula is C14H20FNO3. The van der Waals surface area contributed by atoms with Crippen LogP contribution in [-0.4, -0.2) is 42.3 Å². The second-order valence-corrected chi connectivity index (χ2v) is 4.48. The van der Waals surface area contributed by atoms with Gasteiger partial charge in [0.2, 0.25) is 0 Å². The molecule has 0 aromatic heterocycles. The molecule has 4 nitrogen and oxygen atoms in total. The fraction of sp³-hybridized carbons (Fsp3) is 0.500. The van der Waals surface area contributed by atoms with Crippen LogP contribution in [0, 0.1) is 5.82 Å². The third-order valence-corrected chi connectivity index (χ3v) is 3.11. The van der Waals surface area contributed by atoms with E-state index in [1.165, 1.54) is 12.1 Å². The molecule has 1 rings (SSSR count). The number of carboxylic acid groups (broad SMARTS) is 1. The van der Waals surface area contributed by atoms with Gasteiger partial charge in [-0.3, -0.25) is 4.90 Å². The molecular weight excluding hydrogens is 249 g/mol. The van der Waals surface area contributed by atoms with Crippen LogP contribution >= 0.6 is 0 Å². The molecule has 0 aliphatic carbocycles. The lowest BCUT2D eigenvalue weighted by molar-refractivity contribution is 0.0696. The Morgan fingerprint density at radius 2 is 2.21 bits per heavy atom. The molecule has 0 heterocycles. The fourth-order valence-corrected chi connectivity index (χ4v) is 1.95. The van der Waals surface area contributed by atoms with E-state index in [9.17, 15) is 9.18 Å². The lowest BCUT2D eigenvalue weighted by Gasteiger charge is -2.27. The maximum absolute atomic E-state index is 13.8. The van der Waals surface area contributed by atoms with E-state index >= 15 is 0 Å². The molecule has 0 saturated carbocycles. The second kappa shape index (κ2) is 7.21. The highest BCUT2D eigenvalue weighted by Crippen LogP contribution is 2.14. The third-order valence-electron chi connectivity index (χ3n) is 3.11. The number of halogens is 1. The predicted octanol–water partition coefficient (Wildman–Crippen LogP) is 2.38. The van der Waals surface area contributed by atoms with Crippen molar-refractivity contribution in [2.75, 3.05) is 20.3 Å². The van der Waals surface area contributed by atoms with Gasteiger partial charge < -0.3 is 9.84 Å². The summed E-state index contributed by atoms with van der Waals surface area (Å²) in [4.78, 5) is 12.8. The number of hydrogen-bond donors (Lipinski definition) is 1. The average molecular weight is 269 g/mol. The van der Waals surface area contributed by atoms with Gasteiger partial charge in [0.15, 0.2) is 0 Å². The second-order valence-electron chi connectivity index (χ2n) is 4.48. The van der Waals surface area contributed by atoms with Gasteiger partial charge in [-0.25, -0.2) is 9.18 Å². The molecule has 1 unspecified atom stereocenters. The summed E-state index contributed by atoms with van der Waals surface area (Å²) in [5.74, 6) is -1.60. The summed E-state index contributed by atoms with van der Waals surface area (Å²) in [6.07, 6.45) is 0. The van der Waals surface area contributed by atoms with Gasteiger partial charge in [0.05, 0.1) is 12.2 Å². The number of rotatable bonds is 7. The minimum atomic E-state index is -1.12. The lowest BCUT2D eigenvalue weighted by atomic mass is 10.1. The van der Waals surface area contributed by atoms with E-state index in [0.29, 0.717) is 18.7 Å². The molecule has 0 spiro atoms. The zero-order chi connectivity index (χ0) is 14.4. The van der Waals surface area contributed by atoms with Crippen LogP contribution in [0.5, 0.6) is 0 Å². The normalized spacial score (nSPS) is 12.7. The summed E-state index contributed by atoms with van der Waals surface area (Å²) < 4.78 is 18.9. The van der Waals surface area contributed by atoms with Crippen LogP contribution in [-0.2, 0) is 11.3 Å². The number of likely N-dealkylation sites (N-methyl/N-ethyl adjacent to an activating group) is 1. The molecule has 0 fully saturated rings. The van der Waals surface area contributed by atoms with Gasteiger partial charge in [-0.05, 0) is 25.6 Å². The van der Waals surface area contributed by atoms with Crippen molar-refractivity contribution in [3.63, 3.8) is 0 Å². The van der Waals surface area contributed by atoms with E-state index in [-0.39, 0.29) is 11.6 Å². The monoisotopic (exact) mass is 269 g/mol. The Morgan fingerprint density at radius 1 is 1.53 bits per heavy atom. The number of methoxy groups -OCH3 is 1. The molecule has 0 aliphatic rings. The smallest absolute Gasteiger partial charge is 0.335 e. The van der Waals surface area contributed by atoms with Gasteiger partial charge in [0, 0.05) is 25.3 Å². The van der Waals surface area contributed by atoms with Crippen LogP contribution in [0.15, 0.2) is 18.2 Å². The van der Waals surface area contributed by atoms with E-state index in [1.807, 2.05) is 13.8 Å². The quantitative estimate of drug-likeness (QED) is 0.825. The Bertz CT molecular complexity index is 437. The first kappa shape index (κ1) is 15.6. The summed E-state index contributed by atoms with van der Waals surface area (Å²) in [7, 11) is 1.63. The number of hydrogen-bond acceptors (Lipinski definition) is 3. The maximum Gasteiger partial charge on any atom is 0.335 e. The van der Waals surface area contributed by atoms with Crippen molar-refractivity contribution in [1.29, 1.82) is 0 Å². The van der Waals surface area contributed by atoms with E-state index in [4.69, 9.17) is 9.84 Å². The van der Waals surface area contributed by atoms with Crippen LogP contribution in [0.3, 0.4) is 0 Å². The Morgan fingerprint density at radius 3 is 2.68 bits per heavy atom. The van der Waals surface area contributed by atoms with Crippen molar-refractivity contribution in [3.05, 3.63) is 35.1 Å². The standard InChI is InChI=1S/C14H20FNO3/c1-4-16(10(2)9-19-3)8-12-6-5-11(14(17)18)7-13(12)15/h5-7,10H,4,8-9H2,1-3H3,(H,17,18). The van der Waals surface area contributed by atoms with Gasteiger partial charge in [0.25, 0.3) is 0 Å². The SMILES string of the molecule is CCN(Cc1ccc(C(=O)O)cc1F)C(C)COC. The van der Waals surface area contributed by atoms with Crippen LogP contribution in [0.4, 0.5) is 4.39 Å². The molecule has 1 aromatic rings. The number of carboxylic acids is 1. The van der Waals surface area contributed by atoms with Gasteiger partial charge in [-0.15, -0.1) is 0 Å². The minimum Gasteiger partial charge on any atom is -0.478 e. The summed E-state index contributed by atoms with van der Waals surface area (Å²) in [5.41, 5.74) is 0.462. The Kier molecular flexibility index (Phi) is 5.92. The topological polar surface area (TPSA) is 49.8 Å². The zero-order valence-electron chi connectivity index (χ0n) is 11.5. The van der Waals surface area contributed by atoms with E-state index in [0.717, 1.165) is 12.6 Å². The molecule has 1 atom stereocenters. The van der Waals surface area contributed by atoms with E-state index in [2.05, 4.69) is 4.90 Å². The van der Waals surface area contributed by atoms with Crippen LogP contribution < -0.4 is 0 Å². The molecule has 5 heteroatoms. The van der Waals surface area contributed by atoms with E-state index < -0.39 is 11.8 Å². The predicted molar refractivity (Wildman–Crippen MR) is 70.8 cm³/mol. The molecule has 0 amide bonds. The van der Waals surface area contributed by atoms with Crippen molar-refractivity contribution in [2.45, 2.75) is 26.4 Å². The zero-order valence-corrected chi connectivity index (χ0v) is 11.5. The molecule has 0 aliphatic heterocycles. The van der Waals surface area contributed by atoms with Crippen LogP contribution in [0.1, 0.15) is 29.8 Å². The number of aromatic carboxylic acids is 1. The van der Waals surface area contributed by atoms with E-state index in [1.54, 1.807) is 7.11 Å². The molecule has 0 saturated heterocycles. The first-order valence-electron chi connectivity index (χ1n) is 6.24. The van der Waals surface area contributed by atoms with Crippen LogP contribution in [0.25, 0.3) is 0 Å². The molecule has 106 valence electrons. The van der Waals surface area contributed by atoms with Crippen molar-refractivity contribution in [2.24, 2.45) is 0 Å². The first-order valence-corrected chi connectivity index (χ1v) is 6.24. The summed E-state index contributed by atoms with van der Waals surface area (Å²) in [5, 5.41) is 8.79. The molecule has 1 N–H and O–H groups in total. The number of nitrogens with zero attached hydrogens (tertiary/aromatic N) is 1. The minimum absolute atomic E-state index is 0.0331. The van der Waals surface area contributed by atoms with Gasteiger partial charge in [-0.1, -0.05) is 13.0 Å². The summed E-state index contributed by atoms with van der Waals surface area (Å²) >= 11 is 0. The fourth-order valence-electron chi connectivity index (χ4n) is 1.95. The van der Waals surface area contributed by atoms with Gasteiger partial charge >= 0.3 is 5.97 Å². The van der Waals surface area contributed by atoms with Gasteiger partial charge in [0.1, 0.15) is 5.82 Å². The highest BCUT2D eigenvalue weighted by Gasteiger charge is 2.15. The average Bonchev–Trinajstić information content (AvgIpc) is 2.37. The first-order chi connectivity index (χ1) is 8.99. The molecule has 19 heavy (non-hydrogen) atoms. The van der Waals surface area contributed by atoms with Crippen molar-refractivity contribution >= 4 is 5.97 Å².